The maximum Gasteiger partial charge on any atom is 0.407 e. The van der Waals surface area contributed by atoms with Gasteiger partial charge in [0.1, 0.15) is 5.60 Å². The van der Waals surface area contributed by atoms with Gasteiger partial charge in [0.2, 0.25) is 5.54 Å². The van der Waals surface area contributed by atoms with E-state index in [2.05, 4.69) is 5.32 Å². The predicted octanol–water partition coefficient (Wildman–Crippen LogP) is 1.08. The molecule has 1 rings (SSSR count). The molecule has 0 aliphatic carbocycles. The summed E-state index contributed by atoms with van der Waals surface area (Å²) in [7, 11) is 1.43. The van der Waals surface area contributed by atoms with Crippen LogP contribution in [0.2, 0.25) is 0 Å². The van der Waals surface area contributed by atoms with Gasteiger partial charge in [-0.2, -0.15) is 0 Å². The third kappa shape index (κ3) is 4.33. The second kappa shape index (κ2) is 7.76. The molecule has 0 aromatic heterocycles. The minimum atomic E-state index is -1.98. The summed E-state index contributed by atoms with van der Waals surface area (Å²) < 4.78 is 10.1. The Morgan fingerprint density at radius 2 is 1.85 bits per heavy atom. The van der Waals surface area contributed by atoms with Crippen molar-refractivity contribution >= 4 is 23.8 Å². The van der Waals surface area contributed by atoms with Crippen LogP contribution in [0.4, 0.5) is 4.79 Å². The van der Waals surface area contributed by atoms with E-state index >= 15 is 0 Å². The number of aliphatic carboxylic acids is 1. The van der Waals surface area contributed by atoms with Crippen LogP contribution in [-0.4, -0.2) is 65.2 Å². The van der Waals surface area contributed by atoms with Crippen LogP contribution in [0.25, 0.3) is 0 Å². The Morgan fingerprint density at radius 3 is 2.31 bits per heavy atom. The van der Waals surface area contributed by atoms with E-state index in [0.717, 1.165) is 0 Å². The zero-order chi connectivity index (χ0) is 20.3. The summed E-state index contributed by atoms with van der Waals surface area (Å²) in [6.45, 7) is 8.09. The lowest BCUT2D eigenvalue weighted by molar-refractivity contribution is -0.163. The number of nitrogens with zero attached hydrogens (tertiary/aromatic N) is 1. The van der Waals surface area contributed by atoms with Crippen LogP contribution in [0.15, 0.2) is 11.3 Å². The first-order valence-corrected chi connectivity index (χ1v) is 8.21. The van der Waals surface area contributed by atoms with Gasteiger partial charge in [-0.15, -0.1) is 0 Å². The Hall–Kier alpha value is -2.58. The molecule has 0 aromatic rings. The van der Waals surface area contributed by atoms with Crippen molar-refractivity contribution < 1.29 is 33.8 Å². The van der Waals surface area contributed by atoms with Crippen molar-refractivity contribution in [2.75, 3.05) is 20.2 Å². The number of carboxylic acids is 1. The van der Waals surface area contributed by atoms with Gasteiger partial charge >= 0.3 is 18.0 Å². The number of hydrogen-bond acceptors (Lipinski definition) is 7. The Labute approximate surface area is 152 Å². The highest BCUT2D eigenvalue weighted by atomic mass is 16.6. The SMILES string of the molecule is CCOC(=O)[C@@]1(CC(=O)O)C(=O)C(C)=C(CNC(=O)OC(C)(C)C)N1C. The first-order valence-electron chi connectivity index (χ1n) is 8.21. The van der Waals surface area contributed by atoms with Crippen LogP contribution in [-0.2, 0) is 23.9 Å². The van der Waals surface area contributed by atoms with E-state index < -0.39 is 41.4 Å². The summed E-state index contributed by atoms with van der Waals surface area (Å²) in [5.41, 5.74) is -2.15. The smallest absolute Gasteiger partial charge is 0.407 e. The number of esters is 1. The lowest BCUT2D eigenvalue weighted by atomic mass is 9.88. The normalized spacial score (nSPS) is 20.2. The summed E-state index contributed by atoms with van der Waals surface area (Å²) in [5, 5.41) is 11.7. The second-order valence-corrected chi connectivity index (χ2v) is 6.97. The molecule has 0 saturated carbocycles. The summed E-state index contributed by atoms with van der Waals surface area (Å²) in [5.74, 6) is -2.89. The highest BCUT2D eigenvalue weighted by Crippen LogP contribution is 2.36. The van der Waals surface area contributed by atoms with Gasteiger partial charge < -0.3 is 24.8 Å². The van der Waals surface area contributed by atoms with E-state index in [1.54, 1.807) is 27.7 Å². The van der Waals surface area contributed by atoms with E-state index in [1.807, 2.05) is 0 Å². The Kier molecular flexibility index (Phi) is 6.40. The molecule has 0 aromatic carbocycles. The number of ether oxygens (including phenoxy) is 2. The molecule has 146 valence electrons. The molecule has 0 spiro atoms. The van der Waals surface area contributed by atoms with E-state index in [-0.39, 0.29) is 18.7 Å². The Balaban J connectivity index is 3.09. The molecule has 0 unspecified atom stereocenters. The molecular formula is C17H26N2O7. The molecule has 1 aliphatic rings. The van der Waals surface area contributed by atoms with Crippen LogP contribution < -0.4 is 5.32 Å². The molecule has 26 heavy (non-hydrogen) atoms. The van der Waals surface area contributed by atoms with Gasteiger partial charge in [0, 0.05) is 18.3 Å². The number of ketones is 1. The quantitative estimate of drug-likeness (QED) is 0.526. The summed E-state index contributed by atoms with van der Waals surface area (Å²) in [6.07, 6.45) is -1.43. The number of likely N-dealkylation sites (N-methyl/N-ethyl adjacent to an activating group) is 1. The minimum absolute atomic E-state index is 0.00582. The van der Waals surface area contributed by atoms with E-state index in [0.29, 0.717) is 5.70 Å². The number of carbonyl (C=O) groups excluding carboxylic acids is 3. The molecule has 0 saturated heterocycles. The largest absolute Gasteiger partial charge is 0.481 e. The Bertz CT molecular complexity index is 648. The lowest BCUT2D eigenvalue weighted by Crippen LogP contribution is -2.57. The number of Topliss-reactive ketones (excluding diaryl/α,β-unsaturated/α-hetero) is 1. The maximum absolute atomic E-state index is 12.8. The van der Waals surface area contributed by atoms with Crippen molar-refractivity contribution in [1.82, 2.24) is 10.2 Å². The third-order valence-corrected chi connectivity index (χ3v) is 3.95. The zero-order valence-electron chi connectivity index (χ0n) is 16.0. The van der Waals surface area contributed by atoms with Gasteiger partial charge in [0.05, 0.1) is 19.6 Å². The van der Waals surface area contributed by atoms with Gasteiger partial charge in [-0.1, -0.05) is 0 Å². The van der Waals surface area contributed by atoms with Crippen molar-refractivity contribution in [1.29, 1.82) is 0 Å². The maximum atomic E-state index is 12.8. The molecule has 2 N–H and O–H groups in total. The van der Waals surface area contributed by atoms with Gasteiger partial charge in [-0.3, -0.25) is 9.59 Å². The van der Waals surface area contributed by atoms with Gasteiger partial charge in [0.25, 0.3) is 0 Å². The first kappa shape index (κ1) is 21.5. The number of carboxylic acid groups (broad SMARTS) is 1. The number of carbonyl (C=O) groups is 4. The first-order chi connectivity index (χ1) is 11.9. The average Bonchev–Trinajstić information content (AvgIpc) is 2.65. The number of hydrogen-bond donors (Lipinski definition) is 2. The molecule has 0 bridgehead atoms. The fraction of sp³-hybridized carbons (Fsp3) is 0.647. The van der Waals surface area contributed by atoms with Crippen LogP contribution in [0, 0.1) is 0 Å². The fourth-order valence-corrected chi connectivity index (χ4v) is 2.77. The summed E-state index contributed by atoms with van der Waals surface area (Å²) in [4.78, 5) is 49.6. The topological polar surface area (TPSA) is 122 Å². The second-order valence-electron chi connectivity index (χ2n) is 6.97. The van der Waals surface area contributed by atoms with Crippen molar-refractivity contribution in [2.24, 2.45) is 0 Å². The van der Waals surface area contributed by atoms with Crippen molar-refractivity contribution in [3.8, 4) is 0 Å². The minimum Gasteiger partial charge on any atom is -0.481 e. The van der Waals surface area contributed by atoms with Gasteiger partial charge in [-0.05, 0) is 34.6 Å². The average molecular weight is 370 g/mol. The molecule has 9 heteroatoms. The number of nitrogens with one attached hydrogen (secondary N) is 1. The number of rotatable bonds is 6. The number of amides is 1. The monoisotopic (exact) mass is 370 g/mol. The highest BCUT2D eigenvalue weighted by molar-refractivity contribution is 6.20. The summed E-state index contributed by atoms with van der Waals surface area (Å²) >= 11 is 0. The van der Waals surface area contributed by atoms with Crippen LogP contribution >= 0.6 is 0 Å². The number of alkyl carbamates (subject to hydrolysis) is 1. The standard InChI is InChI=1S/C17H26N2O7/c1-7-25-14(23)17(8-12(20)21)13(22)10(2)11(19(17)6)9-18-15(24)26-16(3,4)5/h7-9H2,1-6H3,(H,18,24)(H,20,21)/t17-/m1/s1. The van der Waals surface area contributed by atoms with Crippen LogP contribution in [0.3, 0.4) is 0 Å². The van der Waals surface area contributed by atoms with E-state index in [9.17, 15) is 24.3 Å². The van der Waals surface area contributed by atoms with Crippen molar-refractivity contribution in [3.63, 3.8) is 0 Å². The van der Waals surface area contributed by atoms with Crippen molar-refractivity contribution in [3.05, 3.63) is 11.3 Å². The molecule has 1 heterocycles. The van der Waals surface area contributed by atoms with Crippen LogP contribution in [0.5, 0.6) is 0 Å². The zero-order valence-corrected chi connectivity index (χ0v) is 16.0. The predicted molar refractivity (Wildman–Crippen MR) is 91.3 cm³/mol. The molecule has 1 atom stereocenters. The molecule has 1 amide bonds. The summed E-state index contributed by atoms with van der Waals surface area (Å²) in [6, 6.07) is 0. The van der Waals surface area contributed by atoms with Gasteiger partial charge in [-0.25, -0.2) is 9.59 Å². The van der Waals surface area contributed by atoms with E-state index in [4.69, 9.17) is 9.47 Å². The molecule has 1 aliphatic heterocycles. The lowest BCUT2D eigenvalue weighted by Gasteiger charge is -2.34. The molecular weight excluding hydrogens is 344 g/mol. The van der Waals surface area contributed by atoms with E-state index in [1.165, 1.54) is 18.9 Å². The molecule has 0 fully saturated rings. The fourth-order valence-electron chi connectivity index (χ4n) is 2.77. The van der Waals surface area contributed by atoms with Gasteiger partial charge in [0.15, 0.2) is 5.78 Å². The van der Waals surface area contributed by atoms with Crippen LogP contribution in [0.1, 0.15) is 41.0 Å². The van der Waals surface area contributed by atoms with Crippen molar-refractivity contribution in [2.45, 2.75) is 52.2 Å². The third-order valence-electron chi connectivity index (χ3n) is 3.95. The molecule has 9 nitrogen and oxygen atoms in total. The Morgan fingerprint density at radius 1 is 1.27 bits per heavy atom. The highest BCUT2D eigenvalue weighted by Gasteiger charge is 2.57. The molecule has 0 radical (unpaired) electrons.